The molecule has 3 rings (SSSR count). The molecule has 0 spiro atoms. The van der Waals surface area contributed by atoms with Gasteiger partial charge in [-0.3, -0.25) is 0 Å². The van der Waals surface area contributed by atoms with Crippen LogP contribution in [0.1, 0.15) is 31.2 Å². The molecule has 0 bridgehead atoms. The van der Waals surface area contributed by atoms with Crippen LogP contribution in [0.4, 0.5) is 0 Å². The third kappa shape index (κ3) is 3.93. The topological polar surface area (TPSA) is 33.7 Å². The fourth-order valence-corrected chi connectivity index (χ4v) is 3.44. The molecule has 0 saturated carbocycles. The van der Waals surface area contributed by atoms with Crippen LogP contribution < -0.4 is 14.8 Å². The van der Waals surface area contributed by atoms with Crippen LogP contribution in [0.25, 0.3) is 0 Å². The Balaban J connectivity index is 1.67. The SMILES string of the molecule is COc1ccc(CC2CCCN2)cc1OC1CCN(C)CC1. The van der Waals surface area contributed by atoms with Gasteiger partial charge in [0, 0.05) is 19.1 Å². The minimum atomic E-state index is 0.310. The Morgan fingerprint density at radius 1 is 1.18 bits per heavy atom. The lowest BCUT2D eigenvalue weighted by atomic mass is 10.0. The van der Waals surface area contributed by atoms with Gasteiger partial charge in [-0.25, -0.2) is 0 Å². The van der Waals surface area contributed by atoms with Gasteiger partial charge in [0.1, 0.15) is 6.10 Å². The van der Waals surface area contributed by atoms with Gasteiger partial charge in [-0.15, -0.1) is 0 Å². The predicted octanol–water partition coefficient (Wildman–Crippen LogP) is 2.46. The molecule has 4 heteroatoms. The standard InChI is InChI=1S/C18H28N2O2/c1-20-10-7-16(8-11-20)22-18-13-14(5-6-17(18)21-2)12-15-4-3-9-19-15/h5-6,13,15-16,19H,3-4,7-12H2,1-2H3. The molecule has 2 heterocycles. The van der Waals surface area contributed by atoms with E-state index in [4.69, 9.17) is 9.47 Å². The number of hydrogen-bond acceptors (Lipinski definition) is 4. The van der Waals surface area contributed by atoms with E-state index in [-0.39, 0.29) is 0 Å². The van der Waals surface area contributed by atoms with E-state index in [9.17, 15) is 0 Å². The van der Waals surface area contributed by atoms with Crippen LogP contribution in [0.2, 0.25) is 0 Å². The van der Waals surface area contributed by atoms with Crippen LogP contribution in [-0.4, -0.2) is 50.8 Å². The number of piperidine rings is 1. The molecule has 1 unspecified atom stereocenters. The van der Waals surface area contributed by atoms with Gasteiger partial charge >= 0.3 is 0 Å². The summed E-state index contributed by atoms with van der Waals surface area (Å²) < 4.78 is 11.7. The maximum atomic E-state index is 6.26. The first-order valence-electron chi connectivity index (χ1n) is 8.50. The van der Waals surface area contributed by atoms with Gasteiger partial charge < -0.3 is 19.7 Å². The summed E-state index contributed by atoms with van der Waals surface area (Å²) in [6.45, 7) is 3.37. The van der Waals surface area contributed by atoms with E-state index < -0.39 is 0 Å². The molecule has 0 radical (unpaired) electrons. The van der Waals surface area contributed by atoms with Gasteiger partial charge in [0.15, 0.2) is 11.5 Å². The van der Waals surface area contributed by atoms with Crippen molar-refractivity contribution >= 4 is 0 Å². The molecule has 1 aromatic carbocycles. The average Bonchev–Trinajstić information content (AvgIpc) is 3.03. The second-order valence-corrected chi connectivity index (χ2v) is 6.60. The number of likely N-dealkylation sites (tertiary alicyclic amines) is 1. The predicted molar refractivity (Wildman–Crippen MR) is 88.9 cm³/mol. The molecule has 0 aliphatic carbocycles. The quantitative estimate of drug-likeness (QED) is 0.906. The maximum absolute atomic E-state index is 6.26. The van der Waals surface area contributed by atoms with E-state index >= 15 is 0 Å². The number of nitrogens with zero attached hydrogens (tertiary/aromatic N) is 1. The highest BCUT2D eigenvalue weighted by Crippen LogP contribution is 2.31. The summed E-state index contributed by atoms with van der Waals surface area (Å²) in [5, 5.41) is 3.56. The molecule has 2 aliphatic heterocycles. The third-order valence-corrected chi connectivity index (χ3v) is 4.83. The lowest BCUT2D eigenvalue weighted by molar-refractivity contribution is 0.111. The summed E-state index contributed by atoms with van der Waals surface area (Å²) >= 11 is 0. The first-order valence-corrected chi connectivity index (χ1v) is 8.50. The molecule has 1 atom stereocenters. The summed E-state index contributed by atoms with van der Waals surface area (Å²) in [7, 11) is 3.89. The molecule has 1 aromatic rings. The van der Waals surface area contributed by atoms with E-state index in [1.165, 1.54) is 18.4 Å². The van der Waals surface area contributed by atoms with E-state index in [1.54, 1.807) is 7.11 Å². The first-order chi connectivity index (χ1) is 10.7. The Bertz CT molecular complexity index is 478. The fraction of sp³-hybridized carbons (Fsp3) is 0.667. The second kappa shape index (κ2) is 7.34. The van der Waals surface area contributed by atoms with Crippen molar-refractivity contribution in [3.05, 3.63) is 23.8 Å². The number of rotatable bonds is 5. The highest BCUT2D eigenvalue weighted by atomic mass is 16.5. The summed E-state index contributed by atoms with van der Waals surface area (Å²) in [4.78, 5) is 2.36. The minimum absolute atomic E-state index is 0.310. The molecule has 1 N–H and O–H groups in total. The van der Waals surface area contributed by atoms with Crippen molar-refractivity contribution in [3.63, 3.8) is 0 Å². The molecule has 122 valence electrons. The van der Waals surface area contributed by atoms with Crippen molar-refractivity contribution < 1.29 is 9.47 Å². The lowest BCUT2D eigenvalue weighted by Gasteiger charge is -2.29. The summed E-state index contributed by atoms with van der Waals surface area (Å²) in [6, 6.07) is 7.01. The van der Waals surface area contributed by atoms with Crippen LogP contribution in [0.5, 0.6) is 11.5 Å². The highest BCUT2D eigenvalue weighted by Gasteiger charge is 2.20. The summed E-state index contributed by atoms with van der Waals surface area (Å²) in [5.41, 5.74) is 1.34. The van der Waals surface area contributed by atoms with Crippen molar-refractivity contribution in [1.82, 2.24) is 10.2 Å². The normalized spacial score (nSPS) is 23.6. The molecular formula is C18H28N2O2. The van der Waals surface area contributed by atoms with Crippen LogP contribution in [0, 0.1) is 0 Å². The molecule has 2 fully saturated rings. The minimum Gasteiger partial charge on any atom is -0.493 e. The van der Waals surface area contributed by atoms with Crippen LogP contribution in [-0.2, 0) is 6.42 Å². The van der Waals surface area contributed by atoms with Crippen molar-refractivity contribution in [1.29, 1.82) is 0 Å². The van der Waals surface area contributed by atoms with Crippen molar-refractivity contribution in [3.8, 4) is 11.5 Å². The zero-order chi connectivity index (χ0) is 15.4. The zero-order valence-corrected chi connectivity index (χ0v) is 13.8. The monoisotopic (exact) mass is 304 g/mol. The van der Waals surface area contributed by atoms with Crippen molar-refractivity contribution in [2.24, 2.45) is 0 Å². The molecule has 22 heavy (non-hydrogen) atoms. The Labute approximate surface area is 133 Å². The van der Waals surface area contributed by atoms with Crippen LogP contribution >= 0.6 is 0 Å². The van der Waals surface area contributed by atoms with Gasteiger partial charge in [0.2, 0.25) is 0 Å². The van der Waals surface area contributed by atoms with Gasteiger partial charge in [0.05, 0.1) is 7.11 Å². The largest absolute Gasteiger partial charge is 0.493 e. The van der Waals surface area contributed by atoms with Crippen molar-refractivity contribution in [2.75, 3.05) is 33.8 Å². The molecule has 2 aliphatic rings. The Morgan fingerprint density at radius 3 is 2.68 bits per heavy atom. The lowest BCUT2D eigenvalue weighted by Crippen LogP contribution is -2.35. The molecule has 2 saturated heterocycles. The first kappa shape index (κ1) is 15.6. The van der Waals surface area contributed by atoms with E-state index in [0.717, 1.165) is 50.4 Å². The maximum Gasteiger partial charge on any atom is 0.161 e. The van der Waals surface area contributed by atoms with Gasteiger partial charge in [-0.1, -0.05) is 6.07 Å². The number of hydrogen-bond donors (Lipinski definition) is 1. The Hall–Kier alpha value is -1.26. The average molecular weight is 304 g/mol. The summed E-state index contributed by atoms with van der Waals surface area (Å²) in [6.07, 6.45) is 6.14. The number of benzene rings is 1. The fourth-order valence-electron chi connectivity index (χ4n) is 3.44. The highest BCUT2D eigenvalue weighted by molar-refractivity contribution is 5.43. The smallest absolute Gasteiger partial charge is 0.161 e. The molecular weight excluding hydrogens is 276 g/mol. The number of ether oxygens (including phenoxy) is 2. The molecule has 4 nitrogen and oxygen atoms in total. The zero-order valence-electron chi connectivity index (χ0n) is 13.8. The van der Waals surface area contributed by atoms with Gasteiger partial charge in [0.25, 0.3) is 0 Å². The van der Waals surface area contributed by atoms with Crippen LogP contribution in [0.3, 0.4) is 0 Å². The molecule has 0 amide bonds. The van der Waals surface area contributed by atoms with E-state index in [2.05, 4.69) is 35.5 Å². The van der Waals surface area contributed by atoms with Crippen LogP contribution in [0.15, 0.2) is 18.2 Å². The number of nitrogens with one attached hydrogen (secondary N) is 1. The second-order valence-electron chi connectivity index (χ2n) is 6.60. The van der Waals surface area contributed by atoms with Crippen molar-refractivity contribution in [2.45, 2.75) is 44.2 Å². The van der Waals surface area contributed by atoms with Gasteiger partial charge in [-0.05, 0) is 63.4 Å². The summed E-state index contributed by atoms with van der Waals surface area (Å²) in [5.74, 6) is 1.76. The Morgan fingerprint density at radius 2 is 2.00 bits per heavy atom. The number of methoxy groups -OCH3 is 1. The third-order valence-electron chi connectivity index (χ3n) is 4.83. The Kier molecular flexibility index (Phi) is 5.21. The molecule has 0 aromatic heterocycles. The van der Waals surface area contributed by atoms with E-state index in [1.807, 2.05) is 0 Å². The van der Waals surface area contributed by atoms with Gasteiger partial charge in [-0.2, -0.15) is 0 Å². The van der Waals surface area contributed by atoms with E-state index in [0.29, 0.717) is 12.1 Å².